The zero-order chi connectivity index (χ0) is 29.5. The Morgan fingerprint density at radius 1 is 0.705 bits per heavy atom. The third-order valence-corrected chi connectivity index (χ3v) is 10.5. The summed E-state index contributed by atoms with van der Waals surface area (Å²) in [5.41, 5.74) is 13.8. The van der Waals surface area contributed by atoms with Crippen LogP contribution < -0.4 is 9.80 Å². The fourth-order valence-electron chi connectivity index (χ4n) is 8.24. The van der Waals surface area contributed by atoms with Crippen molar-refractivity contribution in [2.24, 2.45) is 5.92 Å². The number of nitrogens with zero attached hydrogens (tertiary/aromatic N) is 5. The molecule has 3 heterocycles. The smallest absolute Gasteiger partial charge is 0.178 e. The topological polar surface area (TPSA) is 37.2 Å². The molecule has 0 bridgehead atoms. The summed E-state index contributed by atoms with van der Waals surface area (Å²) in [7, 11) is 0. The van der Waals surface area contributed by atoms with Crippen molar-refractivity contribution in [2.45, 2.75) is 51.6 Å². The van der Waals surface area contributed by atoms with Gasteiger partial charge in [-0.15, -0.1) is 0 Å². The first-order valence-electron chi connectivity index (χ1n) is 15.9. The highest BCUT2D eigenvalue weighted by atomic mass is 15.5. The van der Waals surface area contributed by atoms with Gasteiger partial charge < -0.3 is 14.4 Å². The molecule has 0 amide bonds. The summed E-state index contributed by atoms with van der Waals surface area (Å²) < 4.78 is 2.50. The predicted octanol–water partition coefficient (Wildman–Crippen LogP) is 9.52. The first-order valence-corrected chi connectivity index (χ1v) is 15.9. The van der Waals surface area contributed by atoms with Crippen molar-refractivity contribution in [3.8, 4) is 11.3 Å². The average Bonchev–Trinajstić information content (AvgIpc) is 3.37. The number of benzene rings is 3. The molecule has 3 unspecified atom stereocenters. The molecule has 5 heteroatoms. The molecule has 1 aliphatic heterocycles. The van der Waals surface area contributed by atoms with Crippen LogP contribution in [-0.4, -0.2) is 20.7 Å². The number of aromatic nitrogens is 3. The molecule has 0 saturated heterocycles. The Balaban J connectivity index is 1.14. The van der Waals surface area contributed by atoms with E-state index in [2.05, 4.69) is 132 Å². The number of hydrogen-bond donors (Lipinski definition) is 0. The number of rotatable bonds is 4. The van der Waals surface area contributed by atoms with Crippen LogP contribution in [0.3, 0.4) is 0 Å². The van der Waals surface area contributed by atoms with E-state index in [0.29, 0.717) is 17.8 Å². The molecule has 9 rings (SSSR count). The summed E-state index contributed by atoms with van der Waals surface area (Å²) in [6.45, 7) is 6.86. The minimum atomic E-state index is 0.0205. The summed E-state index contributed by atoms with van der Waals surface area (Å²) in [5, 5.41) is 0. The summed E-state index contributed by atoms with van der Waals surface area (Å²) in [6, 6.07) is 31.0. The number of fused-ring (bicyclic) bond motifs is 7. The minimum Gasteiger partial charge on any atom is -0.319 e. The molecule has 0 radical (unpaired) electrons. The highest BCUT2D eigenvalue weighted by Gasteiger charge is 2.42. The Morgan fingerprint density at radius 2 is 1.39 bits per heavy atom. The van der Waals surface area contributed by atoms with Crippen LogP contribution in [0.4, 0.5) is 23.0 Å². The van der Waals surface area contributed by atoms with E-state index in [1.54, 1.807) is 6.20 Å². The lowest BCUT2D eigenvalue weighted by atomic mass is 9.67. The van der Waals surface area contributed by atoms with Crippen LogP contribution in [-0.2, 0) is 0 Å². The molecule has 3 aromatic carbocycles. The molecule has 0 spiro atoms. The maximum absolute atomic E-state index is 4.88. The molecule has 2 aromatic heterocycles. The van der Waals surface area contributed by atoms with Crippen LogP contribution in [0, 0.1) is 5.92 Å². The molecule has 5 aromatic rings. The van der Waals surface area contributed by atoms with E-state index in [4.69, 9.17) is 9.97 Å². The third-order valence-electron chi connectivity index (χ3n) is 10.5. The zero-order valence-corrected chi connectivity index (χ0v) is 25.4. The molecule has 4 aliphatic rings. The molecular formula is C39H35N5. The first kappa shape index (κ1) is 25.6. The van der Waals surface area contributed by atoms with Crippen molar-refractivity contribution in [3.63, 3.8) is 0 Å². The van der Waals surface area contributed by atoms with Gasteiger partial charge in [-0.1, -0.05) is 73.7 Å². The molecular weight excluding hydrogens is 538 g/mol. The lowest BCUT2D eigenvalue weighted by Gasteiger charge is -2.38. The Kier molecular flexibility index (Phi) is 5.55. The average molecular weight is 574 g/mol. The van der Waals surface area contributed by atoms with Gasteiger partial charge in [-0.3, -0.25) is 0 Å². The predicted molar refractivity (Wildman–Crippen MR) is 179 cm³/mol. The van der Waals surface area contributed by atoms with Crippen LogP contribution in [0.15, 0.2) is 115 Å². The maximum atomic E-state index is 4.88. The second kappa shape index (κ2) is 9.55. The van der Waals surface area contributed by atoms with Crippen molar-refractivity contribution in [1.82, 2.24) is 14.5 Å². The Hall–Kier alpha value is -4.90. The largest absolute Gasteiger partial charge is 0.319 e. The van der Waals surface area contributed by atoms with Gasteiger partial charge in [0.2, 0.25) is 0 Å². The lowest BCUT2D eigenvalue weighted by Crippen LogP contribution is -2.36. The highest BCUT2D eigenvalue weighted by Crippen LogP contribution is 2.57. The summed E-state index contributed by atoms with van der Waals surface area (Å²) in [4.78, 5) is 14.4. The zero-order valence-electron chi connectivity index (χ0n) is 25.4. The van der Waals surface area contributed by atoms with Gasteiger partial charge in [0.25, 0.3) is 0 Å². The van der Waals surface area contributed by atoms with Gasteiger partial charge in [0.15, 0.2) is 11.6 Å². The standard InChI is InChI=1S/C39H35N5/c1-24-25(2)36(24)42-22-19-33-34-23-27(17-18-31(34)30-14-7-8-15-32(30)37(33)42)29-13-9-10-16-35(29)44-26(3)43(28-11-5-4-6-12-28)38-39(44)41-21-20-40-38/h4-17,19-22,24,26,31,34H,18,23H2,1-3H3/t24-,26?,31?,34?/m0/s1. The fraction of sp³-hybridized carbons (Fsp3) is 0.231. The van der Waals surface area contributed by atoms with E-state index in [-0.39, 0.29) is 6.17 Å². The van der Waals surface area contributed by atoms with Crippen molar-refractivity contribution in [3.05, 3.63) is 132 Å². The number of allylic oxidation sites excluding steroid dienone is 4. The Bertz CT molecular complexity index is 2000. The molecule has 5 nitrogen and oxygen atoms in total. The van der Waals surface area contributed by atoms with Gasteiger partial charge in [0.05, 0.1) is 11.4 Å². The third kappa shape index (κ3) is 3.59. The van der Waals surface area contributed by atoms with Crippen LogP contribution in [0.5, 0.6) is 0 Å². The quantitative estimate of drug-likeness (QED) is 0.215. The van der Waals surface area contributed by atoms with Gasteiger partial charge in [0.1, 0.15) is 6.17 Å². The van der Waals surface area contributed by atoms with E-state index >= 15 is 0 Å². The van der Waals surface area contributed by atoms with Crippen LogP contribution in [0.1, 0.15) is 62.1 Å². The SMILES string of the molecule is CC1=C(n2ccc3c2-c2ccccc2C2CC=C(c4ccccc4N4c5nccnc5N(c5ccccc5)C4C)CC32)[C@H]1C. The maximum Gasteiger partial charge on any atom is 0.178 e. The van der Waals surface area contributed by atoms with Gasteiger partial charge in [0, 0.05) is 47.0 Å². The summed E-state index contributed by atoms with van der Waals surface area (Å²) in [6.07, 6.45) is 10.5. The molecule has 4 atom stereocenters. The van der Waals surface area contributed by atoms with E-state index < -0.39 is 0 Å². The number of para-hydroxylation sites is 2. The van der Waals surface area contributed by atoms with Crippen molar-refractivity contribution >= 4 is 34.3 Å². The molecule has 0 fully saturated rings. The second-order valence-corrected chi connectivity index (χ2v) is 12.7. The summed E-state index contributed by atoms with van der Waals surface area (Å²) in [5.74, 6) is 3.29. The molecule has 0 saturated carbocycles. The molecule has 3 aliphatic carbocycles. The van der Waals surface area contributed by atoms with Gasteiger partial charge in [-0.2, -0.15) is 0 Å². The number of hydrogen-bond acceptors (Lipinski definition) is 4. The molecule has 216 valence electrons. The fourth-order valence-corrected chi connectivity index (χ4v) is 8.24. The Labute approximate surface area is 258 Å². The lowest BCUT2D eigenvalue weighted by molar-refractivity contribution is 0.529. The normalized spacial score (nSPS) is 23.1. The summed E-state index contributed by atoms with van der Waals surface area (Å²) >= 11 is 0. The highest BCUT2D eigenvalue weighted by molar-refractivity contribution is 5.89. The van der Waals surface area contributed by atoms with E-state index in [1.807, 2.05) is 6.20 Å². The van der Waals surface area contributed by atoms with E-state index in [0.717, 1.165) is 30.2 Å². The van der Waals surface area contributed by atoms with Gasteiger partial charge in [-0.05, 0) is 85.1 Å². The van der Waals surface area contributed by atoms with Crippen LogP contribution in [0.2, 0.25) is 0 Å². The van der Waals surface area contributed by atoms with Crippen molar-refractivity contribution in [1.29, 1.82) is 0 Å². The van der Waals surface area contributed by atoms with E-state index in [1.165, 1.54) is 50.5 Å². The minimum absolute atomic E-state index is 0.0205. The van der Waals surface area contributed by atoms with Crippen molar-refractivity contribution in [2.75, 3.05) is 9.80 Å². The Morgan fingerprint density at radius 3 is 2.16 bits per heavy atom. The van der Waals surface area contributed by atoms with Gasteiger partial charge >= 0.3 is 0 Å². The van der Waals surface area contributed by atoms with Gasteiger partial charge in [-0.25, -0.2) is 9.97 Å². The van der Waals surface area contributed by atoms with Crippen molar-refractivity contribution < 1.29 is 0 Å². The first-order chi connectivity index (χ1) is 21.6. The van der Waals surface area contributed by atoms with Crippen LogP contribution >= 0.6 is 0 Å². The molecule has 0 N–H and O–H groups in total. The monoisotopic (exact) mass is 573 g/mol. The molecule has 44 heavy (non-hydrogen) atoms. The van der Waals surface area contributed by atoms with E-state index in [9.17, 15) is 0 Å². The van der Waals surface area contributed by atoms with Crippen LogP contribution in [0.25, 0.3) is 22.5 Å². The second-order valence-electron chi connectivity index (χ2n) is 12.7. The number of anilines is 4.